The molecule has 0 aliphatic carbocycles. The minimum absolute atomic E-state index is 0.429. The van der Waals surface area contributed by atoms with Crippen LogP contribution in [0.1, 0.15) is 33.1 Å². The van der Waals surface area contributed by atoms with Gasteiger partial charge in [-0.25, -0.2) is 0 Å². The molecule has 0 radical (unpaired) electrons. The second kappa shape index (κ2) is 5.98. The molecular formula is C10H23N3O. The summed E-state index contributed by atoms with van der Waals surface area (Å²) in [5.41, 5.74) is 10.0. The van der Waals surface area contributed by atoms with Crippen molar-refractivity contribution in [2.24, 2.45) is 11.5 Å². The summed E-state index contributed by atoms with van der Waals surface area (Å²) in [4.78, 5) is 13.1. The van der Waals surface area contributed by atoms with Crippen molar-refractivity contribution in [2.45, 2.75) is 38.6 Å². The van der Waals surface area contributed by atoms with E-state index >= 15 is 0 Å². The van der Waals surface area contributed by atoms with Crippen molar-refractivity contribution in [1.29, 1.82) is 0 Å². The predicted octanol–water partition coefficient (Wildman–Crippen LogP) is 0.311. The molecule has 0 saturated carbocycles. The van der Waals surface area contributed by atoms with Crippen LogP contribution < -0.4 is 11.5 Å². The third-order valence-corrected chi connectivity index (χ3v) is 2.47. The van der Waals surface area contributed by atoms with Crippen LogP contribution in [0.5, 0.6) is 0 Å². The second-order valence-corrected chi connectivity index (χ2v) is 4.19. The van der Waals surface area contributed by atoms with Crippen LogP contribution in [0.15, 0.2) is 0 Å². The average molecular weight is 201 g/mol. The van der Waals surface area contributed by atoms with E-state index < -0.39 is 11.4 Å². The number of nitrogens with zero attached hydrogens (tertiary/aromatic N) is 1. The van der Waals surface area contributed by atoms with E-state index in [2.05, 4.69) is 11.8 Å². The van der Waals surface area contributed by atoms with Crippen LogP contribution in [-0.4, -0.2) is 36.5 Å². The number of amides is 1. The fraction of sp³-hybridized carbons (Fsp3) is 0.900. The lowest BCUT2D eigenvalue weighted by atomic mass is 9.98. The van der Waals surface area contributed by atoms with Crippen LogP contribution in [0.2, 0.25) is 0 Å². The molecule has 0 saturated heterocycles. The summed E-state index contributed by atoms with van der Waals surface area (Å²) in [7, 11) is 2.03. The average Bonchev–Trinajstić information content (AvgIpc) is 2.11. The lowest BCUT2D eigenvalue weighted by molar-refractivity contribution is -0.122. The summed E-state index contributed by atoms with van der Waals surface area (Å²) in [6.45, 7) is 5.70. The quantitative estimate of drug-likeness (QED) is 0.622. The van der Waals surface area contributed by atoms with Gasteiger partial charge in [0, 0.05) is 6.54 Å². The molecular weight excluding hydrogens is 178 g/mol. The van der Waals surface area contributed by atoms with Gasteiger partial charge in [-0.2, -0.15) is 0 Å². The first-order valence-corrected chi connectivity index (χ1v) is 5.17. The van der Waals surface area contributed by atoms with E-state index in [1.54, 1.807) is 6.92 Å². The molecule has 0 aromatic rings. The Balaban J connectivity index is 3.75. The Bertz CT molecular complexity index is 180. The molecule has 4 N–H and O–H groups in total. The molecule has 0 rings (SSSR count). The number of nitrogens with two attached hydrogens (primary N) is 2. The lowest BCUT2D eigenvalue weighted by Crippen LogP contribution is -2.50. The molecule has 0 fully saturated rings. The molecule has 1 atom stereocenters. The highest BCUT2D eigenvalue weighted by atomic mass is 16.1. The van der Waals surface area contributed by atoms with Crippen LogP contribution in [-0.2, 0) is 4.79 Å². The van der Waals surface area contributed by atoms with E-state index in [1.165, 1.54) is 12.8 Å². The molecule has 84 valence electrons. The number of hydrogen-bond donors (Lipinski definition) is 2. The molecule has 1 amide bonds. The molecule has 0 aliphatic heterocycles. The topological polar surface area (TPSA) is 72.3 Å². The van der Waals surface area contributed by atoms with E-state index in [4.69, 9.17) is 11.5 Å². The maximum Gasteiger partial charge on any atom is 0.237 e. The zero-order valence-electron chi connectivity index (χ0n) is 9.55. The van der Waals surface area contributed by atoms with Gasteiger partial charge in [-0.3, -0.25) is 4.79 Å². The molecule has 0 heterocycles. The normalized spacial score (nSPS) is 15.5. The van der Waals surface area contributed by atoms with E-state index in [1.807, 2.05) is 7.05 Å². The van der Waals surface area contributed by atoms with Crippen molar-refractivity contribution in [3.8, 4) is 0 Å². The smallest absolute Gasteiger partial charge is 0.237 e. The second-order valence-electron chi connectivity index (χ2n) is 4.19. The minimum atomic E-state index is -0.875. The SMILES string of the molecule is CCCCN(C)CCC(C)(N)C(N)=O. The van der Waals surface area contributed by atoms with Crippen molar-refractivity contribution < 1.29 is 4.79 Å². The highest BCUT2D eigenvalue weighted by Crippen LogP contribution is 2.05. The van der Waals surface area contributed by atoms with Crippen LogP contribution in [0, 0.1) is 0 Å². The first-order valence-electron chi connectivity index (χ1n) is 5.17. The zero-order chi connectivity index (χ0) is 11.2. The van der Waals surface area contributed by atoms with E-state index in [0.717, 1.165) is 13.1 Å². The first kappa shape index (κ1) is 13.4. The van der Waals surface area contributed by atoms with Gasteiger partial charge in [-0.1, -0.05) is 13.3 Å². The zero-order valence-corrected chi connectivity index (χ0v) is 9.55. The molecule has 0 aromatic heterocycles. The molecule has 0 bridgehead atoms. The van der Waals surface area contributed by atoms with Crippen molar-refractivity contribution in [2.75, 3.05) is 20.1 Å². The molecule has 4 nitrogen and oxygen atoms in total. The predicted molar refractivity (Wildman–Crippen MR) is 58.8 cm³/mol. The van der Waals surface area contributed by atoms with Gasteiger partial charge in [-0.15, -0.1) is 0 Å². The number of carbonyl (C=O) groups is 1. The Hall–Kier alpha value is -0.610. The van der Waals surface area contributed by atoms with Gasteiger partial charge in [0.1, 0.15) is 0 Å². The molecule has 1 unspecified atom stereocenters. The van der Waals surface area contributed by atoms with E-state index in [9.17, 15) is 4.79 Å². The highest BCUT2D eigenvalue weighted by molar-refractivity contribution is 5.83. The lowest BCUT2D eigenvalue weighted by Gasteiger charge is -2.24. The number of primary amides is 1. The summed E-state index contributed by atoms with van der Waals surface area (Å²) in [6.07, 6.45) is 2.97. The van der Waals surface area contributed by atoms with Crippen molar-refractivity contribution in [1.82, 2.24) is 4.90 Å². The van der Waals surface area contributed by atoms with Crippen LogP contribution in [0.3, 0.4) is 0 Å². The van der Waals surface area contributed by atoms with Gasteiger partial charge in [0.25, 0.3) is 0 Å². The fourth-order valence-corrected chi connectivity index (χ4v) is 1.09. The summed E-state index contributed by atoms with van der Waals surface area (Å²) >= 11 is 0. The van der Waals surface area contributed by atoms with Gasteiger partial charge in [0.05, 0.1) is 5.54 Å². The molecule has 4 heteroatoms. The van der Waals surface area contributed by atoms with Crippen molar-refractivity contribution in [3.05, 3.63) is 0 Å². The van der Waals surface area contributed by atoms with E-state index in [0.29, 0.717) is 6.42 Å². The fourth-order valence-electron chi connectivity index (χ4n) is 1.09. The van der Waals surface area contributed by atoms with Gasteiger partial charge in [0.2, 0.25) is 5.91 Å². The molecule has 14 heavy (non-hydrogen) atoms. The Morgan fingerprint density at radius 3 is 2.43 bits per heavy atom. The largest absolute Gasteiger partial charge is 0.368 e. The summed E-state index contributed by atoms with van der Waals surface area (Å²) in [5.74, 6) is -0.429. The Kier molecular flexibility index (Phi) is 5.72. The monoisotopic (exact) mass is 201 g/mol. The minimum Gasteiger partial charge on any atom is -0.368 e. The first-order chi connectivity index (χ1) is 6.40. The Morgan fingerprint density at radius 2 is 2.00 bits per heavy atom. The number of unbranched alkanes of at least 4 members (excludes halogenated alkanes) is 1. The van der Waals surface area contributed by atoms with Gasteiger partial charge < -0.3 is 16.4 Å². The van der Waals surface area contributed by atoms with E-state index in [-0.39, 0.29) is 0 Å². The Morgan fingerprint density at radius 1 is 1.43 bits per heavy atom. The maximum absolute atomic E-state index is 10.9. The summed E-state index contributed by atoms with van der Waals surface area (Å²) in [6, 6.07) is 0. The highest BCUT2D eigenvalue weighted by Gasteiger charge is 2.25. The van der Waals surface area contributed by atoms with Crippen molar-refractivity contribution in [3.63, 3.8) is 0 Å². The number of rotatable bonds is 7. The molecule has 0 aromatic carbocycles. The Labute approximate surface area is 86.6 Å². The third-order valence-electron chi connectivity index (χ3n) is 2.47. The molecule has 0 aliphatic rings. The number of hydrogen-bond acceptors (Lipinski definition) is 3. The summed E-state index contributed by atoms with van der Waals surface area (Å²) in [5, 5.41) is 0. The van der Waals surface area contributed by atoms with Gasteiger partial charge in [0.15, 0.2) is 0 Å². The molecule has 0 spiro atoms. The van der Waals surface area contributed by atoms with Crippen LogP contribution in [0.25, 0.3) is 0 Å². The summed E-state index contributed by atoms with van der Waals surface area (Å²) < 4.78 is 0. The van der Waals surface area contributed by atoms with Crippen molar-refractivity contribution >= 4 is 5.91 Å². The van der Waals surface area contributed by atoms with Crippen LogP contribution >= 0.6 is 0 Å². The number of carbonyl (C=O) groups excluding carboxylic acids is 1. The standard InChI is InChI=1S/C10H23N3O/c1-4-5-7-13(3)8-6-10(2,12)9(11)14/h4-8,12H2,1-3H3,(H2,11,14). The van der Waals surface area contributed by atoms with Gasteiger partial charge in [-0.05, 0) is 33.4 Å². The van der Waals surface area contributed by atoms with Gasteiger partial charge >= 0.3 is 0 Å². The third kappa shape index (κ3) is 5.19. The maximum atomic E-state index is 10.9. The van der Waals surface area contributed by atoms with Crippen LogP contribution in [0.4, 0.5) is 0 Å².